The molecule has 1 saturated heterocycles. The molecule has 1 aliphatic rings. The Kier molecular flexibility index (Phi) is 4.51. The Balaban J connectivity index is 2.08. The summed E-state index contributed by atoms with van der Waals surface area (Å²) in [7, 11) is -3.88. The van der Waals surface area contributed by atoms with Gasteiger partial charge in [0.1, 0.15) is 11.9 Å². The number of hydrogen-bond donors (Lipinski definition) is 0. The summed E-state index contributed by atoms with van der Waals surface area (Å²) in [6, 6.07) is 11.2. The molecular formula is C18H18FNO3S. The highest BCUT2D eigenvalue weighted by Gasteiger charge is 2.40. The monoisotopic (exact) mass is 347 g/mol. The van der Waals surface area contributed by atoms with E-state index in [1.807, 2.05) is 6.92 Å². The molecule has 2 aromatic carbocycles. The van der Waals surface area contributed by atoms with Crippen LogP contribution in [0.1, 0.15) is 30.0 Å². The molecule has 0 aliphatic carbocycles. The average molecular weight is 347 g/mol. The Bertz CT molecular complexity index is 862. The molecule has 0 aromatic heterocycles. The molecule has 0 amide bonds. The van der Waals surface area contributed by atoms with E-state index in [9.17, 15) is 17.6 Å². The van der Waals surface area contributed by atoms with E-state index in [2.05, 4.69) is 0 Å². The highest BCUT2D eigenvalue weighted by atomic mass is 32.2. The van der Waals surface area contributed by atoms with Gasteiger partial charge in [-0.05, 0) is 31.5 Å². The van der Waals surface area contributed by atoms with E-state index in [1.54, 1.807) is 18.2 Å². The van der Waals surface area contributed by atoms with E-state index in [4.69, 9.17) is 0 Å². The molecule has 1 fully saturated rings. The van der Waals surface area contributed by atoms with Gasteiger partial charge in [-0.1, -0.05) is 35.9 Å². The quantitative estimate of drug-likeness (QED) is 0.856. The molecule has 24 heavy (non-hydrogen) atoms. The summed E-state index contributed by atoms with van der Waals surface area (Å²) < 4.78 is 41.3. The van der Waals surface area contributed by atoms with Crippen molar-refractivity contribution in [3.05, 3.63) is 65.5 Å². The first kappa shape index (κ1) is 16.8. The van der Waals surface area contributed by atoms with Gasteiger partial charge in [0.2, 0.25) is 10.0 Å². The molecule has 0 bridgehead atoms. The van der Waals surface area contributed by atoms with E-state index in [0.29, 0.717) is 6.42 Å². The zero-order valence-electron chi connectivity index (χ0n) is 13.3. The van der Waals surface area contributed by atoms with E-state index in [0.717, 1.165) is 9.87 Å². The molecule has 1 heterocycles. The predicted molar refractivity (Wildman–Crippen MR) is 88.5 cm³/mol. The van der Waals surface area contributed by atoms with Gasteiger partial charge in [0.05, 0.1) is 4.90 Å². The molecule has 4 nitrogen and oxygen atoms in total. The van der Waals surface area contributed by atoms with Crippen LogP contribution in [0.4, 0.5) is 4.39 Å². The zero-order valence-corrected chi connectivity index (χ0v) is 14.1. The van der Waals surface area contributed by atoms with Crippen molar-refractivity contribution in [1.82, 2.24) is 4.31 Å². The largest absolute Gasteiger partial charge is 0.298 e. The summed E-state index contributed by atoms with van der Waals surface area (Å²) >= 11 is 0. The summed E-state index contributed by atoms with van der Waals surface area (Å²) in [6.07, 6.45) is 0.688. The zero-order chi connectivity index (χ0) is 17.3. The van der Waals surface area contributed by atoms with Crippen molar-refractivity contribution < 1.29 is 17.6 Å². The smallest absolute Gasteiger partial charge is 0.244 e. The highest BCUT2D eigenvalue weighted by Crippen LogP contribution is 2.34. The maximum atomic E-state index is 14.2. The Morgan fingerprint density at radius 1 is 1.08 bits per heavy atom. The molecule has 0 N–H and O–H groups in total. The SMILES string of the molecule is Cc1ccc(S(=O)(=O)N2CCCC(=O)C2c2ccccc2F)cc1. The third-order valence-electron chi connectivity index (χ3n) is 4.22. The second kappa shape index (κ2) is 6.45. The number of ketones is 1. The fraction of sp³-hybridized carbons (Fsp3) is 0.278. The number of carbonyl (C=O) groups is 1. The number of nitrogens with zero attached hydrogens (tertiary/aromatic N) is 1. The van der Waals surface area contributed by atoms with Gasteiger partial charge >= 0.3 is 0 Å². The summed E-state index contributed by atoms with van der Waals surface area (Å²) in [5.41, 5.74) is 1.05. The Labute approximate surface area is 141 Å². The van der Waals surface area contributed by atoms with Crippen LogP contribution in [-0.2, 0) is 14.8 Å². The van der Waals surface area contributed by atoms with Crippen molar-refractivity contribution in [2.24, 2.45) is 0 Å². The number of aryl methyl sites for hydroxylation is 1. The average Bonchev–Trinajstić information content (AvgIpc) is 2.56. The van der Waals surface area contributed by atoms with Gasteiger partial charge in [0.25, 0.3) is 0 Å². The molecule has 0 radical (unpaired) electrons. The number of sulfonamides is 1. The van der Waals surface area contributed by atoms with Crippen LogP contribution in [0.15, 0.2) is 53.4 Å². The van der Waals surface area contributed by atoms with Crippen LogP contribution in [0.3, 0.4) is 0 Å². The minimum atomic E-state index is -3.88. The van der Waals surface area contributed by atoms with E-state index < -0.39 is 21.9 Å². The van der Waals surface area contributed by atoms with Crippen molar-refractivity contribution in [1.29, 1.82) is 0 Å². The maximum Gasteiger partial charge on any atom is 0.244 e. The second-order valence-corrected chi connectivity index (χ2v) is 7.81. The molecular weight excluding hydrogens is 329 g/mol. The second-order valence-electron chi connectivity index (χ2n) is 5.92. The minimum absolute atomic E-state index is 0.109. The van der Waals surface area contributed by atoms with Gasteiger partial charge in [-0.25, -0.2) is 12.8 Å². The number of Topliss-reactive ketones (excluding diaryl/α,β-unsaturated/α-hetero) is 1. The first-order chi connectivity index (χ1) is 11.4. The Hall–Kier alpha value is -2.05. The lowest BCUT2D eigenvalue weighted by atomic mass is 9.96. The summed E-state index contributed by atoms with van der Waals surface area (Å²) in [6.45, 7) is 2.06. The van der Waals surface area contributed by atoms with E-state index >= 15 is 0 Å². The summed E-state index contributed by atoms with van der Waals surface area (Å²) in [5.74, 6) is -0.844. The number of benzene rings is 2. The van der Waals surface area contributed by atoms with Crippen LogP contribution in [0.25, 0.3) is 0 Å². The van der Waals surface area contributed by atoms with E-state index in [-0.39, 0.29) is 29.2 Å². The van der Waals surface area contributed by atoms with Crippen LogP contribution < -0.4 is 0 Å². The molecule has 0 spiro atoms. The highest BCUT2D eigenvalue weighted by molar-refractivity contribution is 7.89. The first-order valence-electron chi connectivity index (χ1n) is 7.77. The molecule has 2 aromatic rings. The van der Waals surface area contributed by atoms with Crippen molar-refractivity contribution in [3.8, 4) is 0 Å². The van der Waals surface area contributed by atoms with Crippen LogP contribution in [0, 0.1) is 12.7 Å². The Morgan fingerprint density at radius 2 is 1.75 bits per heavy atom. The van der Waals surface area contributed by atoms with Crippen molar-refractivity contribution in [2.75, 3.05) is 6.54 Å². The molecule has 1 aliphatic heterocycles. The molecule has 3 rings (SSSR count). The summed E-state index contributed by atoms with van der Waals surface area (Å²) in [5, 5.41) is 0. The topological polar surface area (TPSA) is 54.5 Å². The minimum Gasteiger partial charge on any atom is -0.298 e. The molecule has 126 valence electrons. The number of halogens is 1. The number of carbonyl (C=O) groups excluding carboxylic acids is 1. The van der Waals surface area contributed by atoms with Crippen LogP contribution in [-0.4, -0.2) is 25.1 Å². The predicted octanol–water partition coefficient (Wildman–Crippen LogP) is 3.23. The van der Waals surface area contributed by atoms with Gasteiger partial charge in [0.15, 0.2) is 5.78 Å². The lowest BCUT2D eigenvalue weighted by molar-refractivity contribution is -0.125. The summed E-state index contributed by atoms with van der Waals surface area (Å²) in [4.78, 5) is 12.5. The van der Waals surface area contributed by atoms with Crippen LogP contribution in [0.2, 0.25) is 0 Å². The molecule has 1 unspecified atom stereocenters. The normalized spacial score (nSPS) is 19.4. The maximum absolute atomic E-state index is 14.2. The number of rotatable bonds is 3. The number of hydrogen-bond acceptors (Lipinski definition) is 3. The molecule has 0 saturated carbocycles. The Morgan fingerprint density at radius 3 is 2.42 bits per heavy atom. The van der Waals surface area contributed by atoms with Gasteiger partial charge in [-0.15, -0.1) is 0 Å². The first-order valence-corrected chi connectivity index (χ1v) is 9.21. The van der Waals surface area contributed by atoms with Gasteiger partial charge in [-0.2, -0.15) is 4.31 Å². The number of piperidine rings is 1. The van der Waals surface area contributed by atoms with Gasteiger partial charge < -0.3 is 0 Å². The van der Waals surface area contributed by atoms with Crippen molar-refractivity contribution in [3.63, 3.8) is 0 Å². The van der Waals surface area contributed by atoms with E-state index in [1.165, 1.54) is 30.3 Å². The standard InChI is InChI=1S/C18H18FNO3S/c1-13-8-10-14(11-9-13)24(22,23)20-12-4-7-17(21)18(20)15-5-2-3-6-16(15)19/h2-3,5-6,8-11,18H,4,7,12H2,1H3. The van der Waals surface area contributed by atoms with Gasteiger partial charge in [-0.3, -0.25) is 4.79 Å². The van der Waals surface area contributed by atoms with Crippen LogP contribution in [0.5, 0.6) is 0 Å². The van der Waals surface area contributed by atoms with Crippen molar-refractivity contribution in [2.45, 2.75) is 30.7 Å². The third-order valence-corrected chi connectivity index (χ3v) is 6.10. The fourth-order valence-corrected chi connectivity index (χ4v) is 4.59. The lowest BCUT2D eigenvalue weighted by Crippen LogP contribution is -2.43. The third kappa shape index (κ3) is 2.99. The van der Waals surface area contributed by atoms with Gasteiger partial charge in [0, 0.05) is 18.5 Å². The van der Waals surface area contributed by atoms with Crippen LogP contribution >= 0.6 is 0 Å². The molecule has 1 atom stereocenters. The fourth-order valence-electron chi connectivity index (χ4n) is 2.97. The molecule has 6 heteroatoms. The lowest BCUT2D eigenvalue weighted by Gasteiger charge is -2.34. The van der Waals surface area contributed by atoms with Crippen molar-refractivity contribution >= 4 is 15.8 Å².